The highest BCUT2D eigenvalue weighted by Gasteiger charge is 2.35. The first-order valence-corrected chi connectivity index (χ1v) is 13.0. The van der Waals surface area contributed by atoms with E-state index < -0.39 is 12.1 Å². The molecule has 2 fully saturated rings. The average molecular weight is 552 g/mol. The zero-order valence-corrected chi connectivity index (χ0v) is 21.8. The van der Waals surface area contributed by atoms with E-state index in [1.165, 1.54) is 0 Å². The van der Waals surface area contributed by atoms with Gasteiger partial charge in [-0.05, 0) is 48.7 Å². The number of benzene rings is 2. The number of amides is 1. The number of β-amino-alcohol motifs (C(OH)–C–C–N with tert-alkyl or cyclic N) is 1. The Labute approximate surface area is 225 Å². The SMILES string of the molecule is O=C(O)Cc1cc(Cl)c(OCCO)cc1N1C[C@@H](O)[C@H](NC2CCN(C(=O)c3ccc(Cl)cc3)CC2)C1. The Kier molecular flexibility index (Phi) is 9.15. The Morgan fingerprint density at radius 2 is 1.78 bits per heavy atom. The minimum Gasteiger partial charge on any atom is -0.490 e. The van der Waals surface area contributed by atoms with Gasteiger partial charge >= 0.3 is 5.97 Å². The number of nitrogens with zero attached hydrogens (tertiary/aromatic N) is 2. The first-order valence-electron chi connectivity index (χ1n) is 12.3. The molecule has 37 heavy (non-hydrogen) atoms. The number of nitrogens with one attached hydrogen (secondary N) is 1. The topological polar surface area (TPSA) is 123 Å². The summed E-state index contributed by atoms with van der Waals surface area (Å²) in [4.78, 5) is 28.0. The van der Waals surface area contributed by atoms with Crippen molar-refractivity contribution in [1.29, 1.82) is 0 Å². The number of aliphatic hydroxyl groups is 2. The summed E-state index contributed by atoms with van der Waals surface area (Å²) in [5.41, 5.74) is 1.77. The maximum atomic E-state index is 12.8. The normalized spacial score (nSPS) is 20.3. The summed E-state index contributed by atoms with van der Waals surface area (Å²) in [5.74, 6) is -0.658. The van der Waals surface area contributed by atoms with Gasteiger partial charge in [-0.1, -0.05) is 23.2 Å². The summed E-state index contributed by atoms with van der Waals surface area (Å²) < 4.78 is 5.52. The molecule has 2 heterocycles. The van der Waals surface area contributed by atoms with Crippen molar-refractivity contribution < 1.29 is 29.6 Å². The van der Waals surface area contributed by atoms with E-state index in [1.807, 2.05) is 9.80 Å². The molecule has 4 N–H and O–H groups in total. The zero-order valence-electron chi connectivity index (χ0n) is 20.3. The van der Waals surface area contributed by atoms with Crippen molar-refractivity contribution in [3.05, 3.63) is 57.6 Å². The number of carboxylic acid groups (broad SMARTS) is 1. The predicted octanol–water partition coefficient (Wildman–Crippen LogP) is 2.44. The Morgan fingerprint density at radius 1 is 1.08 bits per heavy atom. The van der Waals surface area contributed by atoms with Crippen LogP contribution in [0.1, 0.15) is 28.8 Å². The van der Waals surface area contributed by atoms with Crippen LogP contribution < -0.4 is 15.0 Å². The lowest BCUT2D eigenvalue weighted by atomic mass is 10.0. The number of halogens is 2. The molecular formula is C26H31Cl2N3O6. The average Bonchev–Trinajstić information content (AvgIpc) is 3.23. The first kappa shape index (κ1) is 27.5. The lowest BCUT2D eigenvalue weighted by molar-refractivity contribution is -0.136. The fourth-order valence-corrected chi connectivity index (χ4v) is 5.29. The summed E-state index contributed by atoms with van der Waals surface area (Å²) >= 11 is 12.2. The van der Waals surface area contributed by atoms with Crippen molar-refractivity contribution in [2.45, 2.75) is 37.5 Å². The molecular weight excluding hydrogens is 521 g/mol. The summed E-state index contributed by atoms with van der Waals surface area (Å²) in [6.07, 6.45) is 0.629. The molecule has 0 bridgehead atoms. The summed E-state index contributed by atoms with van der Waals surface area (Å²) in [7, 11) is 0. The number of piperidine rings is 1. The van der Waals surface area contributed by atoms with Gasteiger partial charge in [0.1, 0.15) is 12.4 Å². The van der Waals surface area contributed by atoms with Gasteiger partial charge in [0, 0.05) is 54.6 Å². The van der Waals surface area contributed by atoms with Crippen LogP contribution in [0.15, 0.2) is 36.4 Å². The van der Waals surface area contributed by atoms with Crippen molar-refractivity contribution in [3.63, 3.8) is 0 Å². The van der Waals surface area contributed by atoms with Gasteiger partial charge in [0.25, 0.3) is 5.91 Å². The van der Waals surface area contributed by atoms with Crippen LogP contribution in [0, 0.1) is 0 Å². The Morgan fingerprint density at radius 3 is 2.43 bits per heavy atom. The Bertz CT molecular complexity index is 1110. The number of carbonyl (C=O) groups is 2. The van der Waals surface area contributed by atoms with Gasteiger partial charge in [0.05, 0.1) is 30.2 Å². The maximum absolute atomic E-state index is 12.8. The molecule has 2 atom stereocenters. The van der Waals surface area contributed by atoms with Crippen molar-refractivity contribution in [3.8, 4) is 5.75 Å². The van der Waals surface area contributed by atoms with Gasteiger partial charge in [-0.2, -0.15) is 0 Å². The molecule has 2 aliphatic heterocycles. The monoisotopic (exact) mass is 551 g/mol. The standard InChI is InChI=1S/C26H31Cl2N3O6/c27-18-3-1-16(2-4-18)26(36)30-7-5-19(6-8-30)29-21-14-31(15-23(21)33)22-13-24(37-10-9-32)20(28)11-17(22)12-25(34)35/h1-4,11,13,19,21,23,29,32-33H,5-10,12,14-15H2,(H,34,35)/t21-,23-/m1/s1. The third-order valence-electron chi connectivity index (χ3n) is 6.78. The minimum absolute atomic E-state index is 0.0184. The third kappa shape index (κ3) is 6.86. The Hall–Kier alpha value is -2.56. The molecule has 200 valence electrons. The molecule has 0 radical (unpaired) electrons. The number of hydrogen-bond acceptors (Lipinski definition) is 7. The van der Waals surface area contributed by atoms with E-state index >= 15 is 0 Å². The lowest BCUT2D eigenvalue weighted by Gasteiger charge is -2.34. The molecule has 2 aromatic carbocycles. The van der Waals surface area contributed by atoms with E-state index in [4.69, 9.17) is 33.0 Å². The van der Waals surface area contributed by atoms with E-state index in [9.17, 15) is 19.8 Å². The number of carbonyl (C=O) groups excluding carboxylic acids is 1. The lowest BCUT2D eigenvalue weighted by Crippen LogP contribution is -2.50. The van der Waals surface area contributed by atoms with E-state index in [-0.39, 0.29) is 42.6 Å². The van der Waals surface area contributed by atoms with E-state index in [1.54, 1.807) is 36.4 Å². The highest BCUT2D eigenvalue weighted by Crippen LogP contribution is 2.35. The van der Waals surface area contributed by atoms with Crippen molar-refractivity contribution in [2.75, 3.05) is 44.3 Å². The molecule has 0 aliphatic carbocycles. The molecule has 4 rings (SSSR count). The minimum atomic E-state index is -0.990. The van der Waals surface area contributed by atoms with E-state index in [0.29, 0.717) is 53.8 Å². The van der Waals surface area contributed by atoms with Crippen LogP contribution in [-0.2, 0) is 11.2 Å². The van der Waals surface area contributed by atoms with Gasteiger partial charge in [-0.3, -0.25) is 9.59 Å². The zero-order chi connectivity index (χ0) is 26.5. The first-order chi connectivity index (χ1) is 17.7. The number of rotatable bonds is 9. The predicted molar refractivity (Wildman–Crippen MR) is 141 cm³/mol. The Balaban J connectivity index is 1.38. The van der Waals surface area contributed by atoms with Gasteiger partial charge in [-0.15, -0.1) is 0 Å². The smallest absolute Gasteiger partial charge is 0.307 e. The third-order valence-corrected chi connectivity index (χ3v) is 7.32. The quantitative estimate of drug-likeness (QED) is 0.374. The van der Waals surface area contributed by atoms with Gasteiger partial charge in [0.15, 0.2) is 0 Å². The number of likely N-dealkylation sites (tertiary alicyclic amines) is 1. The second kappa shape index (κ2) is 12.3. The molecule has 2 aliphatic rings. The van der Waals surface area contributed by atoms with Crippen LogP contribution in [0.5, 0.6) is 5.75 Å². The second-order valence-electron chi connectivity index (χ2n) is 9.37. The van der Waals surface area contributed by atoms with Crippen LogP contribution in [0.4, 0.5) is 5.69 Å². The number of aliphatic hydroxyl groups excluding tert-OH is 2. The van der Waals surface area contributed by atoms with Gasteiger partial charge in [0.2, 0.25) is 0 Å². The molecule has 1 amide bonds. The molecule has 0 unspecified atom stereocenters. The fraction of sp³-hybridized carbons (Fsp3) is 0.462. The molecule has 0 aromatic heterocycles. The van der Waals surface area contributed by atoms with E-state index in [0.717, 1.165) is 12.8 Å². The van der Waals surface area contributed by atoms with Crippen LogP contribution in [-0.4, -0.2) is 89.7 Å². The molecule has 2 saturated heterocycles. The van der Waals surface area contributed by atoms with Crippen molar-refractivity contribution >= 4 is 40.8 Å². The number of hydrogen-bond donors (Lipinski definition) is 4. The van der Waals surface area contributed by atoms with Gasteiger partial charge < -0.3 is 35.2 Å². The van der Waals surface area contributed by atoms with Crippen LogP contribution in [0.3, 0.4) is 0 Å². The van der Waals surface area contributed by atoms with Crippen LogP contribution >= 0.6 is 23.2 Å². The highest BCUT2D eigenvalue weighted by atomic mass is 35.5. The largest absolute Gasteiger partial charge is 0.490 e. The molecule has 9 nitrogen and oxygen atoms in total. The summed E-state index contributed by atoms with van der Waals surface area (Å²) in [6.45, 7) is 1.89. The number of carboxylic acids is 1. The number of aliphatic carboxylic acids is 1. The molecule has 0 saturated carbocycles. The van der Waals surface area contributed by atoms with Crippen molar-refractivity contribution in [2.24, 2.45) is 0 Å². The number of ether oxygens (including phenoxy) is 1. The second-order valence-corrected chi connectivity index (χ2v) is 10.2. The summed E-state index contributed by atoms with van der Waals surface area (Å²) in [6, 6.07) is 10.0. The summed E-state index contributed by atoms with van der Waals surface area (Å²) in [5, 5.41) is 33.7. The highest BCUT2D eigenvalue weighted by molar-refractivity contribution is 6.32. The van der Waals surface area contributed by atoms with Crippen LogP contribution in [0.2, 0.25) is 10.0 Å². The maximum Gasteiger partial charge on any atom is 0.307 e. The van der Waals surface area contributed by atoms with E-state index in [2.05, 4.69) is 5.32 Å². The molecule has 0 spiro atoms. The van der Waals surface area contributed by atoms with Crippen molar-refractivity contribution in [1.82, 2.24) is 10.2 Å². The van der Waals surface area contributed by atoms with Gasteiger partial charge in [-0.25, -0.2) is 0 Å². The molecule has 11 heteroatoms. The van der Waals surface area contributed by atoms with Crippen LogP contribution in [0.25, 0.3) is 0 Å². The molecule has 2 aromatic rings. The number of anilines is 1. The fourth-order valence-electron chi connectivity index (χ4n) is 4.92.